The Kier molecular flexibility index (Phi) is 6.60. The summed E-state index contributed by atoms with van der Waals surface area (Å²) in [6, 6.07) is 5.90. The maximum absolute atomic E-state index is 13.2. The largest absolute Gasteiger partial charge is 0.369 e. The molecule has 32 heavy (non-hydrogen) atoms. The van der Waals surface area contributed by atoms with Crippen LogP contribution in [0.25, 0.3) is 5.52 Å². The lowest BCUT2D eigenvalue weighted by Gasteiger charge is -2.28. The van der Waals surface area contributed by atoms with E-state index in [0.29, 0.717) is 11.3 Å². The third-order valence-electron chi connectivity index (χ3n) is 6.74. The Morgan fingerprint density at radius 3 is 2.72 bits per heavy atom. The molecular weight excluding hydrogens is 402 g/mol. The van der Waals surface area contributed by atoms with Crippen LogP contribution in [-0.2, 0) is 9.53 Å². The Morgan fingerprint density at radius 2 is 2.00 bits per heavy atom. The highest BCUT2D eigenvalue weighted by molar-refractivity contribution is 6.06. The molecule has 2 aromatic heterocycles. The summed E-state index contributed by atoms with van der Waals surface area (Å²) in [6.45, 7) is 8.02. The van der Waals surface area contributed by atoms with Crippen molar-refractivity contribution in [2.45, 2.75) is 72.0 Å². The Labute approximate surface area is 189 Å². The summed E-state index contributed by atoms with van der Waals surface area (Å²) in [5.41, 5.74) is 5.13. The van der Waals surface area contributed by atoms with Crippen LogP contribution in [0.3, 0.4) is 0 Å². The van der Waals surface area contributed by atoms with Crippen molar-refractivity contribution in [2.75, 3.05) is 6.54 Å². The van der Waals surface area contributed by atoms with E-state index in [1.165, 1.54) is 19.3 Å². The predicted molar refractivity (Wildman–Crippen MR) is 126 cm³/mol. The van der Waals surface area contributed by atoms with Gasteiger partial charge in [-0.05, 0) is 70.4 Å². The summed E-state index contributed by atoms with van der Waals surface area (Å²) >= 11 is 0. The number of hydrogen-bond donors (Lipinski definition) is 1. The number of ether oxygens (including phenoxy) is 1. The first-order chi connectivity index (χ1) is 15.3. The molecule has 2 aliphatic rings. The van der Waals surface area contributed by atoms with Crippen LogP contribution in [0.4, 0.5) is 0 Å². The van der Waals surface area contributed by atoms with Crippen molar-refractivity contribution >= 4 is 23.0 Å². The molecule has 1 aliphatic carbocycles. The monoisotopic (exact) mass is 435 g/mol. The molecule has 2 aromatic rings. The van der Waals surface area contributed by atoms with E-state index in [-0.39, 0.29) is 30.6 Å². The average Bonchev–Trinajstić information content (AvgIpc) is 3.21. The molecule has 1 aliphatic heterocycles. The summed E-state index contributed by atoms with van der Waals surface area (Å²) in [6.07, 6.45) is 10.00. The van der Waals surface area contributed by atoms with Gasteiger partial charge in [0.2, 0.25) is 0 Å². The molecule has 0 saturated heterocycles. The van der Waals surface area contributed by atoms with Crippen molar-refractivity contribution in [3.63, 3.8) is 0 Å². The first-order valence-electron chi connectivity index (χ1n) is 11.7. The lowest BCUT2D eigenvalue weighted by molar-refractivity contribution is -0.120. The van der Waals surface area contributed by atoms with E-state index in [2.05, 4.69) is 21.6 Å². The fourth-order valence-corrected chi connectivity index (χ4v) is 5.04. The average molecular weight is 436 g/mol. The number of fused-ring (bicyclic) bond motifs is 1. The van der Waals surface area contributed by atoms with Gasteiger partial charge in [0.25, 0.3) is 11.8 Å². The standard InChI is InChI=1S/C26H33N3O3/c1-16-13-17(2)28-26(31)23(16)15-27-25(30)22-14-20-9-8-12-29(20)24(18(22)3)19(4)32-21-10-6-5-7-11-21/h8-9,12-14,19,21,23H,5-7,10-11,15H2,1-4H3,(H,27,30). The van der Waals surface area contributed by atoms with E-state index >= 15 is 0 Å². The zero-order valence-corrected chi connectivity index (χ0v) is 19.5. The Morgan fingerprint density at radius 1 is 1.25 bits per heavy atom. The number of aliphatic imine (C=N–C) groups is 1. The number of amides is 2. The van der Waals surface area contributed by atoms with E-state index in [4.69, 9.17) is 4.74 Å². The minimum atomic E-state index is -0.409. The van der Waals surface area contributed by atoms with E-state index in [0.717, 1.165) is 35.2 Å². The van der Waals surface area contributed by atoms with Gasteiger partial charge < -0.3 is 14.5 Å². The SMILES string of the molecule is CC1=CC(C)=NC(=O)C1CNC(=O)c1cc2cccn2c(C(C)OC2CCCCC2)c1C. The molecule has 1 N–H and O–H groups in total. The maximum Gasteiger partial charge on any atom is 0.254 e. The van der Waals surface area contributed by atoms with Crippen molar-refractivity contribution in [1.29, 1.82) is 0 Å². The second kappa shape index (κ2) is 9.41. The predicted octanol–water partition coefficient (Wildman–Crippen LogP) is 4.95. The van der Waals surface area contributed by atoms with Gasteiger partial charge in [-0.1, -0.05) is 24.8 Å². The van der Waals surface area contributed by atoms with Crippen LogP contribution in [0.2, 0.25) is 0 Å². The molecule has 3 heterocycles. The molecule has 4 rings (SSSR count). The summed E-state index contributed by atoms with van der Waals surface area (Å²) in [5.74, 6) is -0.783. The fraction of sp³-hybridized carbons (Fsp3) is 0.500. The van der Waals surface area contributed by atoms with Crippen LogP contribution in [0.15, 0.2) is 41.0 Å². The van der Waals surface area contributed by atoms with Crippen LogP contribution in [0, 0.1) is 12.8 Å². The molecule has 1 fully saturated rings. The summed E-state index contributed by atoms with van der Waals surface area (Å²) < 4.78 is 8.56. The third-order valence-corrected chi connectivity index (χ3v) is 6.74. The lowest BCUT2D eigenvalue weighted by Crippen LogP contribution is -2.35. The van der Waals surface area contributed by atoms with Crippen molar-refractivity contribution in [3.8, 4) is 0 Å². The number of aromatic nitrogens is 1. The van der Waals surface area contributed by atoms with Crippen LogP contribution in [0.5, 0.6) is 0 Å². The molecule has 2 unspecified atom stereocenters. The molecule has 0 radical (unpaired) electrons. The number of carbonyl (C=O) groups is 2. The molecule has 170 valence electrons. The van der Waals surface area contributed by atoms with E-state index in [9.17, 15) is 9.59 Å². The number of nitrogens with one attached hydrogen (secondary N) is 1. The second-order valence-corrected chi connectivity index (χ2v) is 9.15. The van der Waals surface area contributed by atoms with Gasteiger partial charge in [-0.15, -0.1) is 0 Å². The van der Waals surface area contributed by atoms with Crippen molar-refractivity contribution < 1.29 is 14.3 Å². The number of pyridine rings is 1. The van der Waals surface area contributed by atoms with Crippen molar-refractivity contribution in [3.05, 3.63) is 52.9 Å². The lowest BCUT2D eigenvalue weighted by atomic mass is 9.95. The minimum Gasteiger partial charge on any atom is -0.369 e. The van der Waals surface area contributed by atoms with E-state index in [1.54, 1.807) is 0 Å². The molecule has 1 saturated carbocycles. The number of dihydropyridines is 1. The zero-order valence-electron chi connectivity index (χ0n) is 19.5. The first kappa shape index (κ1) is 22.5. The summed E-state index contributed by atoms with van der Waals surface area (Å²) in [4.78, 5) is 29.5. The third kappa shape index (κ3) is 4.56. The van der Waals surface area contributed by atoms with Crippen molar-refractivity contribution in [1.82, 2.24) is 9.72 Å². The van der Waals surface area contributed by atoms with Crippen LogP contribution < -0.4 is 5.32 Å². The minimum absolute atomic E-state index is 0.122. The highest BCUT2D eigenvalue weighted by Gasteiger charge is 2.26. The molecule has 0 bridgehead atoms. The van der Waals surface area contributed by atoms with Gasteiger partial charge >= 0.3 is 0 Å². The van der Waals surface area contributed by atoms with Gasteiger partial charge in [-0.25, -0.2) is 4.99 Å². The van der Waals surface area contributed by atoms with Crippen LogP contribution >= 0.6 is 0 Å². The van der Waals surface area contributed by atoms with E-state index in [1.807, 2.05) is 51.2 Å². The number of carbonyl (C=O) groups excluding carboxylic acids is 2. The molecular formula is C26H33N3O3. The quantitative estimate of drug-likeness (QED) is 0.698. The number of hydrogen-bond acceptors (Lipinski definition) is 3. The van der Waals surface area contributed by atoms with Gasteiger partial charge in [-0.2, -0.15) is 0 Å². The smallest absolute Gasteiger partial charge is 0.254 e. The molecule has 0 aromatic carbocycles. The summed E-state index contributed by atoms with van der Waals surface area (Å²) in [7, 11) is 0. The van der Waals surface area contributed by atoms with Gasteiger partial charge in [0.15, 0.2) is 0 Å². The zero-order chi connectivity index (χ0) is 22.8. The van der Waals surface area contributed by atoms with Crippen LogP contribution in [-0.4, -0.2) is 34.6 Å². The highest BCUT2D eigenvalue weighted by atomic mass is 16.5. The molecule has 2 atom stereocenters. The normalized spacial score (nSPS) is 20.8. The summed E-state index contributed by atoms with van der Waals surface area (Å²) in [5, 5.41) is 2.97. The number of allylic oxidation sites excluding steroid dienone is 1. The maximum atomic E-state index is 13.2. The Hall–Kier alpha value is -2.73. The molecule has 0 spiro atoms. The Balaban J connectivity index is 1.56. The van der Waals surface area contributed by atoms with Crippen molar-refractivity contribution in [2.24, 2.45) is 10.9 Å². The number of nitrogens with zero attached hydrogens (tertiary/aromatic N) is 2. The number of rotatable bonds is 6. The molecule has 2 amide bonds. The van der Waals surface area contributed by atoms with Crippen LogP contribution in [0.1, 0.15) is 80.6 Å². The topological polar surface area (TPSA) is 72.2 Å². The van der Waals surface area contributed by atoms with E-state index < -0.39 is 5.92 Å². The molecule has 6 heteroatoms. The highest BCUT2D eigenvalue weighted by Crippen LogP contribution is 2.31. The van der Waals surface area contributed by atoms with Gasteiger partial charge in [0.05, 0.1) is 23.8 Å². The second-order valence-electron chi connectivity index (χ2n) is 9.15. The molecule has 6 nitrogen and oxygen atoms in total. The Bertz CT molecular complexity index is 1090. The first-order valence-corrected chi connectivity index (χ1v) is 11.7. The fourth-order valence-electron chi connectivity index (χ4n) is 5.04. The van der Waals surface area contributed by atoms with Gasteiger partial charge in [-0.3, -0.25) is 9.59 Å². The van der Waals surface area contributed by atoms with Gasteiger partial charge in [0, 0.05) is 29.5 Å². The van der Waals surface area contributed by atoms with Gasteiger partial charge in [0.1, 0.15) is 0 Å².